The highest BCUT2D eigenvalue weighted by atomic mass is 35.5. The number of ether oxygens (including phenoxy) is 1. The van der Waals surface area contributed by atoms with Crippen LogP contribution in [0.15, 0.2) is 48.5 Å². The van der Waals surface area contributed by atoms with Crippen molar-refractivity contribution >= 4 is 36.4 Å². The van der Waals surface area contributed by atoms with Gasteiger partial charge in [0.25, 0.3) is 0 Å². The number of nitrogens with one attached hydrogen (secondary N) is 1. The molecule has 5 nitrogen and oxygen atoms in total. The van der Waals surface area contributed by atoms with E-state index in [2.05, 4.69) is 10.1 Å². The monoisotopic (exact) mass is 465 g/mol. The molecule has 3 rings (SSSR count). The summed E-state index contributed by atoms with van der Waals surface area (Å²) in [5.41, 5.74) is 8.47. The van der Waals surface area contributed by atoms with E-state index in [1.165, 1.54) is 18.2 Å². The van der Waals surface area contributed by atoms with Gasteiger partial charge in [0, 0.05) is 30.9 Å². The number of alkyl halides is 3. The minimum absolute atomic E-state index is 0. The number of amides is 1. The van der Waals surface area contributed by atoms with Crippen molar-refractivity contribution in [1.82, 2.24) is 5.32 Å². The summed E-state index contributed by atoms with van der Waals surface area (Å²) in [6.07, 6.45) is -4.05. The van der Waals surface area contributed by atoms with Gasteiger partial charge in [-0.05, 0) is 31.0 Å². The number of carbonyl (C=O) groups is 1. The maximum absolute atomic E-state index is 12.4. The molecule has 1 heterocycles. The van der Waals surface area contributed by atoms with Crippen LogP contribution in [-0.4, -0.2) is 31.4 Å². The van der Waals surface area contributed by atoms with E-state index in [0.717, 1.165) is 11.1 Å². The van der Waals surface area contributed by atoms with Crippen molar-refractivity contribution in [3.05, 3.63) is 59.7 Å². The van der Waals surface area contributed by atoms with Gasteiger partial charge in [0.1, 0.15) is 11.8 Å². The van der Waals surface area contributed by atoms with Crippen molar-refractivity contribution in [1.29, 1.82) is 0 Å². The molecule has 2 aromatic rings. The van der Waals surface area contributed by atoms with E-state index in [1.807, 2.05) is 36.1 Å². The molecule has 1 amide bonds. The normalized spacial score (nSPS) is 16.8. The molecule has 0 bridgehead atoms. The minimum atomic E-state index is -4.73. The molecule has 0 radical (unpaired) electrons. The number of nitrogens with zero attached hydrogens (tertiary/aromatic N) is 1. The fourth-order valence-corrected chi connectivity index (χ4v) is 3.21. The van der Waals surface area contributed by atoms with Crippen LogP contribution in [0.4, 0.5) is 18.9 Å². The molecule has 3 N–H and O–H groups in total. The Bertz CT molecular complexity index is 835. The Morgan fingerprint density at radius 3 is 2.50 bits per heavy atom. The molecule has 10 heteroatoms. The van der Waals surface area contributed by atoms with Crippen LogP contribution < -0.4 is 20.7 Å². The quantitative estimate of drug-likeness (QED) is 0.696. The van der Waals surface area contributed by atoms with E-state index in [-0.39, 0.29) is 42.5 Å². The summed E-state index contributed by atoms with van der Waals surface area (Å²) in [7, 11) is 0. The molecule has 30 heavy (non-hydrogen) atoms. The molecule has 0 spiro atoms. The van der Waals surface area contributed by atoms with Gasteiger partial charge in [-0.1, -0.05) is 35.9 Å². The van der Waals surface area contributed by atoms with E-state index in [4.69, 9.17) is 5.73 Å². The molecule has 0 saturated carbocycles. The van der Waals surface area contributed by atoms with Crippen molar-refractivity contribution < 1.29 is 22.7 Å². The Balaban J connectivity index is 0.00000225. The van der Waals surface area contributed by atoms with Gasteiger partial charge in [-0.3, -0.25) is 4.79 Å². The number of aryl methyl sites for hydroxylation is 1. The van der Waals surface area contributed by atoms with Crippen molar-refractivity contribution in [2.45, 2.75) is 31.8 Å². The molecule has 0 aliphatic carbocycles. The first-order valence-electron chi connectivity index (χ1n) is 8.94. The van der Waals surface area contributed by atoms with Crippen molar-refractivity contribution in [3.8, 4) is 5.75 Å². The number of hydrogen-bond acceptors (Lipinski definition) is 4. The average Bonchev–Trinajstić information content (AvgIpc) is 3.09. The van der Waals surface area contributed by atoms with E-state index in [1.54, 1.807) is 6.07 Å². The molecule has 1 fully saturated rings. The third-order valence-electron chi connectivity index (χ3n) is 4.67. The number of halogens is 5. The zero-order valence-corrected chi connectivity index (χ0v) is 17.8. The Hall–Kier alpha value is -2.16. The standard InChI is InChI=1S/C20H22F3N3O2.2ClH/c1-13-5-7-14(8-6-13)18(24)19(27)25-15-9-10-26(12-15)16-3-2-4-17(11-16)28-20(21,22)23;;/h2-8,11,15,18H,9-10,12,24H2,1H3,(H,25,27);2*1H. The first-order valence-corrected chi connectivity index (χ1v) is 8.94. The second-order valence-corrected chi connectivity index (χ2v) is 6.87. The van der Waals surface area contributed by atoms with Gasteiger partial charge in [-0.2, -0.15) is 0 Å². The molecule has 166 valence electrons. The van der Waals surface area contributed by atoms with Gasteiger partial charge >= 0.3 is 6.36 Å². The van der Waals surface area contributed by atoms with Crippen LogP contribution in [0.2, 0.25) is 0 Å². The maximum Gasteiger partial charge on any atom is 0.573 e. The van der Waals surface area contributed by atoms with Crippen LogP contribution >= 0.6 is 24.8 Å². The summed E-state index contributed by atoms with van der Waals surface area (Å²) in [5.74, 6) is -0.538. The third-order valence-corrected chi connectivity index (χ3v) is 4.67. The van der Waals surface area contributed by atoms with E-state index >= 15 is 0 Å². The summed E-state index contributed by atoms with van der Waals surface area (Å²) >= 11 is 0. The Morgan fingerprint density at radius 2 is 1.87 bits per heavy atom. The zero-order chi connectivity index (χ0) is 20.3. The Morgan fingerprint density at radius 1 is 1.20 bits per heavy atom. The molecular formula is C20H24Cl2F3N3O2. The number of carbonyl (C=O) groups excluding carboxylic acids is 1. The molecule has 1 saturated heterocycles. The summed E-state index contributed by atoms with van der Waals surface area (Å²) in [6, 6.07) is 12.4. The number of nitrogens with two attached hydrogens (primary N) is 1. The first-order chi connectivity index (χ1) is 13.2. The second-order valence-electron chi connectivity index (χ2n) is 6.87. The fraction of sp³-hybridized carbons (Fsp3) is 0.350. The smallest absolute Gasteiger partial charge is 0.406 e. The number of rotatable bonds is 5. The minimum Gasteiger partial charge on any atom is -0.406 e. The highest BCUT2D eigenvalue weighted by molar-refractivity contribution is 5.85. The van der Waals surface area contributed by atoms with Gasteiger partial charge in [0.15, 0.2) is 0 Å². The lowest BCUT2D eigenvalue weighted by Gasteiger charge is -2.21. The third kappa shape index (κ3) is 6.97. The molecule has 1 aliphatic rings. The lowest BCUT2D eigenvalue weighted by Crippen LogP contribution is -2.42. The summed E-state index contributed by atoms with van der Waals surface area (Å²) in [6.45, 7) is 3.05. The van der Waals surface area contributed by atoms with Crippen LogP contribution in [0.25, 0.3) is 0 Å². The van der Waals surface area contributed by atoms with Crippen LogP contribution in [0.5, 0.6) is 5.75 Å². The van der Waals surface area contributed by atoms with Crippen LogP contribution in [0, 0.1) is 6.92 Å². The fourth-order valence-electron chi connectivity index (χ4n) is 3.21. The summed E-state index contributed by atoms with van der Waals surface area (Å²) in [4.78, 5) is 14.3. The predicted octanol–water partition coefficient (Wildman–Crippen LogP) is 4.13. The average molecular weight is 466 g/mol. The van der Waals surface area contributed by atoms with Crippen LogP contribution in [0.1, 0.15) is 23.6 Å². The van der Waals surface area contributed by atoms with Crippen molar-refractivity contribution in [2.24, 2.45) is 5.73 Å². The first kappa shape index (κ1) is 25.9. The number of anilines is 1. The Labute approximate surface area is 185 Å². The molecular weight excluding hydrogens is 442 g/mol. The highest BCUT2D eigenvalue weighted by Gasteiger charge is 2.32. The maximum atomic E-state index is 12.4. The molecule has 2 atom stereocenters. The SMILES string of the molecule is Cc1ccc(C(N)C(=O)NC2CCN(c3cccc(OC(F)(F)F)c3)C2)cc1.Cl.Cl. The van der Waals surface area contributed by atoms with E-state index in [0.29, 0.717) is 25.2 Å². The highest BCUT2D eigenvalue weighted by Crippen LogP contribution is 2.28. The van der Waals surface area contributed by atoms with Crippen molar-refractivity contribution in [3.63, 3.8) is 0 Å². The molecule has 0 aromatic heterocycles. The predicted molar refractivity (Wildman–Crippen MR) is 114 cm³/mol. The lowest BCUT2D eigenvalue weighted by molar-refractivity contribution is -0.274. The van der Waals surface area contributed by atoms with Crippen LogP contribution in [-0.2, 0) is 4.79 Å². The van der Waals surface area contributed by atoms with Gasteiger partial charge in [0.05, 0.1) is 0 Å². The van der Waals surface area contributed by atoms with Crippen LogP contribution in [0.3, 0.4) is 0 Å². The van der Waals surface area contributed by atoms with E-state index < -0.39 is 12.4 Å². The Kier molecular flexibility index (Phi) is 9.27. The van der Waals surface area contributed by atoms with E-state index in [9.17, 15) is 18.0 Å². The summed E-state index contributed by atoms with van der Waals surface area (Å²) < 4.78 is 41.2. The largest absolute Gasteiger partial charge is 0.573 e. The van der Waals surface area contributed by atoms with Gasteiger partial charge in [-0.25, -0.2) is 0 Å². The van der Waals surface area contributed by atoms with Gasteiger partial charge in [0.2, 0.25) is 5.91 Å². The molecule has 2 unspecified atom stereocenters. The summed E-state index contributed by atoms with van der Waals surface area (Å²) in [5, 5.41) is 2.93. The van der Waals surface area contributed by atoms with Gasteiger partial charge in [-0.15, -0.1) is 38.0 Å². The topological polar surface area (TPSA) is 67.6 Å². The molecule has 2 aromatic carbocycles. The number of hydrogen-bond donors (Lipinski definition) is 2. The number of benzene rings is 2. The van der Waals surface area contributed by atoms with Gasteiger partial charge < -0.3 is 20.7 Å². The molecule has 1 aliphatic heterocycles. The zero-order valence-electron chi connectivity index (χ0n) is 16.2. The lowest BCUT2D eigenvalue weighted by atomic mass is 10.0. The van der Waals surface area contributed by atoms with Crippen molar-refractivity contribution in [2.75, 3.05) is 18.0 Å². The second kappa shape index (κ2) is 10.7.